The van der Waals surface area contributed by atoms with E-state index in [1.165, 1.54) is 11.3 Å². The second-order valence-corrected chi connectivity index (χ2v) is 6.06. The number of pyridine rings is 1. The molecule has 3 aromatic rings. The van der Waals surface area contributed by atoms with Gasteiger partial charge in [-0.15, -0.1) is 0 Å². The number of hydrogen-bond donors (Lipinski definition) is 2. The molecule has 0 saturated carbocycles. The Labute approximate surface area is 143 Å². The summed E-state index contributed by atoms with van der Waals surface area (Å²) in [5.74, 6) is -0.0491. The predicted octanol–water partition coefficient (Wildman–Crippen LogP) is 2.63. The summed E-state index contributed by atoms with van der Waals surface area (Å²) in [5.41, 5.74) is 7.13. The third-order valence-corrected chi connectivity index (χ3v) is 4.15. The molecule has 0 unspecified atom stereocenters. The molecule has 0 bridgehead atoms. The first-order valence-electron chi connectivity index (χ1n) is 7.32. The molecule has 1 aromatic carbocycles. The molecule has 0 aliphatic rings. The first-order chi connectivity index (χ1) is 11.7. The number of nitrogens with two attached hydrogens (primary N) is 1. The maximum atomic E-state index is 12.1. The number of nitrogens with zero attached hydrogens (tertiary/aromatic N) is 2. The first-order valence-corrected chi connectivity index (χ1v) is 8.14. The van der Waals surface area contributed by atoms with Gasteiger partial charge in [-0.2, -0.15) is 0 Å². The van der Waals surface area contributed by atoms with Crippen LogP contribution in [0.3, 0.4) is 0 Å². The maximum Gasteiger partial charge on any atom is 0.273 e. The van der Waals surface area contributed by atoms with Gasteiger partial charge in [0.15, 0.2) is 0 Å². The van der Waals surface area contributed by atoms with Gasteiger partial charge < -0.3 is 15.8 Å². The minimum Gasteiger partial charge on any atom is -0.465 e. The summed E-state index contributed by atoms with van der Waals surface area (Å²) < 4.78 is 5.65. The van der Waals surface area contributed by atoms with Crippen molar-refractivity contribution >= 4 is 23.1 Å². The molecular formula is C17H16N4O2S. The summed E-state index contributed by atoms with van der Waals surface area (Å²) in [4.78, 5) is 21.1. The number of thiazole rings is 1. The van der Waals surface area contributed by atoms with Gasteiger partial charge in [0, 0.05) is 17.3 Å². The zero-order valence-electron chi connectivity index (χ0n) is 12.8. The van der Waals surface area contributed by atoms with Crippen molar-refractivity contribution in [3.8, 4) is 5.19 Å². The molecule has 2 aromatic heterocycles. The molecule has 24 heavy (non-hydrogen) atoms. The lowest BCUT2D eigenvalue weighted by atomic mass is 10.2. The fourth-order valence-corrected chi connectivity index (χ4v) is 2.73. The molecule has 3 N–H and O–H groups in total. The van der Waals surface area contributed by atoms with E-state index in [9.17, 15) is 4.79 Å². The number of ether oxygens (including phenoxy) is 1. The number of anilines is 1. The third kappa shape index (κ3) is 4.08. The second-order valence-electron chi connectivity index (χ2n) is 4.99. The van der Waals surface area contributed by atoms with E-state index in [0.717, 1.165) is 10.4 Å². The van der Waals surface area contributed by atoms with Crippen molar-refractivity contribution in [2.24, 2.45) is 0 Å². The van der Waals surface area contributed by atoms with Crippen LogP contribution in [0.1, 0.15) is 20.8 Å². The van der Waals surface area contributed by atoms with Crippen molar-refractivity contribution in [3.63, 3.8) is 0 Å². The number of aromatic nitrogens is 2. The second kappa shape index (κ2) is 7.56. The Bertz CT molecular complexity index is 820. The van der Waals surface area contributed by atoms with Crippen molar-refractivity contribution < 1.29 is 9.53 Å². The third-order valence-electron chi connectivity index (χ3n) is 3.24. The molecule has 0 aliphatic carbocycles. The lowest BCUT2D eigenvalue weighted by Crippen LogP contribution is -2.23. The summed E-state index contributed by atoms with van der Waals surface area (Å²) >= 11 is 1.40. The van der Waals surface area contributed by atoms with Crippen LogP contribution in [0.15, 0.2) is 54.9 Å². The van der Waals surface area contributed by atoms with E-state index < -0.39 is 0 Å². The normalized spacial score (nSPS) is 10.3. The quantitative estimate of drug-likeness (QED) is 0.720. The van der Waals surface area contributed by atoms with E-state index in [0.29, 0.717) is 23.9 Å². The van der Waals surface area contributed by atoms with Crippen LogP contribution in [0, 0.1) is 0 Å². The van der Waals surface area contributed by atoms with Crippen molar-refractivity contribution in [2.75, 3.05) is 5.73 Å². The largest absolute Gasteiger partial charge is 0.465 e. The molecule has 0 atom stereocenters. The minimum atomic E-state index is -0.263. The molecule has 0 spiro atoms. The Morgan fingerprint density at radius 1 is 1.17 bits per heavy atom. The van der Waals surface area contributed by atoms with Crippen LogP contribution in [0.5, 0.6) is 5.19 Å². The molecule has 0 radical (unpaired) electrons. The van der Waals surface area contributed by atoms with E-state index in [-0.39, 0.29) is 11.7 Å². The number of nitrogen functional groups attached to an aromatic ring is 1. The SMILES string of the molecule is Nc1ncccc1C(=O)NCc1cnc(OCc2ccccc2)s1. The molecule has 2 heterocycles. The first kappa shape index (κ1) is 15.9. The Morgan fingerprint density at radius 2 is 2.00 bits per heavy atom. The molecule has 0 fully saturated rings. The molecule has 3 rings (SSSR count). The van der Waals surface area contributed by atoms with Crippen molar-refractivity contribution in [1.29, 1.82) is 0 Å². The molecule has 7 heteroatoms. The van der Waals surface area contributed by atoms with Crippen molar-refractivity contribution in [2.45, 2.75) is 13.2 Å². The summed E-state index contributed by atoms with van der Waals surface area (Å²) in [5, 5.41) is 3.37. The van der Waals surface area contributed by atoms with E-state index >= 15 is 0 Å². The average molecular weight is 340 g/mol. The van der Waals surface area contributed by atoms with Gasteiger partial charge in [0.2, 0.25) is 0 Å². The zero-order chi connectivity index (χ0) is 16.8. The van der Waals surface area contributed by atoms with Crippen LogP contribution in [-0.2, 0) is 13.2 Å². The summed E-state index contributed by atoms with van der Waals surface area (Å²) in [6.07, 6.45) is 3.24. The monoisotopic (exact) mass is 340 g/mol. The Hall–Kier alpha value is -2.93. The highest BCUT2D eigenvalue weighted by Crippen LogP contribution is 2.21. The van der Waals surface area contributed by atoms with Crippen LogP contribution in [-0.4, -0.2) is 15.9 Å². The predicted molar refractivity (Wildman–Crippen MR) is 92.7 cm³/mol. The van der Waals surface area contributed by atoms with Crippen molar-refractivity contribution in [3.05, 3.63) is 70.9 Å². The fraction of sp³-hybridized carbons (Fsp3) is 0.118. The van der Waals surface area contributed by atoms with E-state index in [2.05, 4.69) is 15.3 Å². The zero-order valence-corrected chi connectivity index (χ0v) is 13.6. The van der Waals surface area contributed by atoms with Gasteiger partial charge >= 0.3 is 0 Å². The van der Waals surface area contributed by atoms with Gasteiger partial charge in [-0.25, -0.2) is 9.97 Å². The van der Waals surface area contributed by atoms with Gasteiger partial charge in [0.25, 0.3) is 11.1 Å². The fourth-order valence-electron chi connectivity index (χ4n) is 2.03. The minimum absolute atomic E-state index is 0.214. The van der Waals surface area contributed by atoms with Crippen LogP contribution < -0.4 is 15.8 Å². The van der Waals surface area contributed by atoms with E-state index in [1.54, 1.807) is 24.5 Å². The van der Waals surface area contributed by atoms with Crippen molar-refractivity contribution in [1.82, 2.24) is 15.3 Å². The molecule has 0 aliphatic heterocycles. The number of carbonyl (C=O) groups is 1. The number of nitrogens with one attached hydrogen (secondary N) is 1. The van der Waals surface area contributed by atoms with Crippen LogP contribution in [0.25, 0.3) is 0 Å². The molecule has 6 nitrogen and oxygen atoms in total. The lowest BCUT2D eigenvalue weighted by molar-refractivity contribution is 0.0952. The van der Waals surface area contributed by atoms with Gasteiger partial charge in [0.05, 0.1) is 12.1 Å². The number of carbonyl (C=O) groups excluding carboxylic acids is 1. The molecule has 122 valence electrons. The molecular weight excluding hydrogens is 324 g/mol. The van der Waals surface area contributed by atoms with Crippen LogP contribution in [0.2, 0.25) is 0 Å². The highest BCUT2D eigenvalue weighted by atomic mass is 32.1. The van der Waals surface area contributed by atoms with Crippen LogP contribution >= 0.6 is 11.3 Å². The van der Waals surface area contributed by atoms with Gasteiger partial charge in [-0.3, -0.25) is 4.79 Å². The highest BCUT2D eigenvalue weighted by molar-refractivity contribution is 7.13. The summed E-state index contributed by atoms with van der Waals surface area (Å²) in [6.45, 7) is 0.825. The number of hydrogen-bond acceptors (Lipinski definition) is 6. The van der Waals surface area contributed by atoms with E-state index in [4.69, 9.17) is 10.5 Å². The van der Waals surface area contributed by atoms with Gasteiger partial charge in [0.1, 0.15) is 12.4 Å². The topological polar surface area (TPSA) is 90.1 Å². The number of rotatable bonds is 6. The molecule has 1 amide bonds. The Balaban J connectivity index is 1.53. The van der Waals surface area contributed by atoms with Gasteiger partial charge in [-0.05, 0) is 17.7 Å². The summed E-state index contributed by atoms with van der Waals surface area (Å²) in [7, 11) is 0. The Kier molecular flexibility index (Phi) is 5.02. The highest BCUT2D eigenvalue weighted by Gasteiger charge is 2.10. The Morgan fingerprint density at radius 3 is 2.79 bits per heavy atom. The number of benzene rings is 1. The summed E-state index contributed by atoms with van der Waals surface area (Å²) in [6, 6.07) is 13.2. The molecule has 0 saturated heterocycles. The van der Waals surface area contributed by atoms with E-state index in [1.807, 2.05) is 30.3 Å². The lowest BCUT2D eigenvalue weighted by Gasteiger charge is -2.05. The smallest absolute Gasteiger partial charge is 0.273 e. The number of amides is 1. The van der Waals surface area contributed by atoms with Crippen LogP contribution in [0.4, 0.5) is 5.82 Å². The maximum absolute atomic E-state index is 12.1. The standard InChI is InChI=1S/C17H16N4O2S/c18-15-14(7-4-8-19-15)16(22)20-9-13-10-21-17(24-13)23-11-12-5-2-1-3-6-12/h1-8,10H,9,11H2,(H2,18,19)(H,20,22). The van der Waals surface area contributed by atoms with Gasteiger partial charge in [-0.1, -0.05) is 41.7 Å². The average Bonchev–Trinajstić information content (AvgIpc) is 3.07.